The molecule has 5 nitrogen and oxygen atoms in total. The molecule has 0 spiro atoms. The van der Waals surface area contributed by atoms with E-state index >= 15 is 0 Å². The van der Waals surface area contributed by atoms with Gasteiger partial charge >= 0.3 is 0 Å². The molecular formula is C12H11Cl2N3O2. The minimum atomic E-state index is -0.296. The molecule has 0 atom stereocenters. The van der Waals surface area contributed by atoms with Gasteiger partial charge in [-0.2, -0.15) is 5.10 Å². The zero-order valence-electron chi connectivity index (χ0n) is 10.1. The number of methoxy groups -OCH3 is 1. The van der Waals surface area contributed by atoms with Crippen LogP contribution in [0.4, 0.5) is 0 Å². The van der Waals surface area contributed by atoms with Crippen molar-refractivity contribution in [3.05, 3.63) is 46.0 Å². The van der Waals surface area contributed by atoms with Crippen LogP contribution in [0.15, 0.2) is 24.5 Å². The van der Waals surface area contributed by atoms with Crippen LogP contribution in [-0.2, 0) is 11.3 Å². The number of ketones is 1. The van der Waals surface area contributed by atoms with E-state index in [0.717, 1.165) is 0 Å². The fourth-order valence-corrected chi connectivity index (χ4v) is 2.05. The molecule has 0 fully saturated rings. The van der Waals surface area contributed by atoms with Crippen LogP contribution >= 0.6 is 23.2 Å². The molecule has 2 aromatic rings. The molecule has 0 aliphatic heterocycles. The predicted molar refractivity (Wildman–Crippen MR) is 71.8 cm³/mol. The second-order valence-electron chi connectivity index (χ2n) is 3.75. The Morgan fingerprint density at radius 1 is 1.47 bits per heavy atom. The van der Waals surface area contributed by atoms with Gasteiger partial charge in [-0.15, -0.1) is 0 Å². The normalized spacial score (nSPS) is 10.7. The first-order valence-electron chi connectivity index (χ1n) is 5.50. The number of rotatable bonds is 5. The van der Waals surface area contributed by atoms with Crippen LogP contribution in [0.5, 0.6) is 0 Å². The van der Waals surface area contributed by atoms with Crippen LogP contribution in [0.3, 0.4) is 0 Å². The van der Waals surface area contributed by atoms with Gasteiger partial charge in [0.25, 0.3) is 0 Å². The van der Waals surface area contributed by atoms with Crippen LogP contribution in [-0.4, -0.2) is 34.3 Å². The topological polar surface area (TPSA) is 57.0 Å². The number of pyridine rings is 1. The molecule has 7 heteroatoms. The van der Waals surface area contributed by atoms with Gasteiger partial charge in [0.05, 0.1) is 23.2 Å². The Morgan fingerprint density at radius 3 is 2.95 bits per heavy atom. The SMILES string of the molecule is COCCn1nccc1C(=O)c1ncc(Cl)cc1Cl. The van der Waals surface area contributed by atoms with E-state index in [4.69, 9.17) is 27.9 Å². The number of aromatic nitrogens is 3. The van der Waals surface area contributed by atoms with Gasteiger partial charge in [-0.1, -0.05) is 23.2 Å². The Hall–Kier alpha value is -1.43. The third kappa shape index (κ3) is 3.12. The maximum absolute atomic E-state index is 12.3. The lowest BCUT2D eigenvalue weighted by Gasteiger charge is -2.06. The number of carbonyl (C=O) groups is 1. The zero-order valence-corrected chi connectivity index (χ0v) is 11.6. The Balaban J connectivity index is 2.31. The second kappa shape index (κ2) is 6.14. The summed E-state index contributed by atoms with van der Waals surface area (Å²) in [5.74, 6) is -0.296. The van der Waals surface area contributed by atoms with Gasteiger partial charge < -0.3 is 4.74 Å². The van der Waals surface area contributed by atoms with Crippen molar-refractivity contribution in [2.45, 2.75) is 6.54 Å². The highest BCUT2D eigenvalue weighted by Gasteiger charge is 2.18. The molecule has 2 rings (SSSR count). The summed E-state index contributed by atoms with van der Waals surface area (Å²) in [7, 11) is 1.59. The highest BCUT2D eigenvalue weighted by molar-refractivity contribution is 6.37. The second-order valence-corrected chi connectivity index (χ2v) is 4.59. The van der Waals surface area contributed by atoms with E-state index in [1.165, 1.54) is 12.3 Å². The van der Waals surface area contributed by atoms with Crippen molar-refractivity contribution in [2.24, 2.45) is 0 Å². The molecular weight excluding hydrogens is 289 g/mol. The van der Waals surface area contributed by atoms with Crippen molar-refractivity contribution in [1.82, 2.24) is 14.8 Å². The number of hydrogen-bond acceptors (Lipinski definition) is 4. The molecule has 0 aliphatic carbocycles. The number of hydrogen-bond donors (Lipinski definition) is 0. The van der Waals surface area contributed by atoms with E-state index in [9.17, 15) is 4.79 Å². The molecule has 19 heavy (non-hydrogen) atoms. The van der Waals surface area contributed by atoms with Crippen LogP contribution < -0.4 is 0 Å². The minimum absolute atomic E-state index is 0.158. The Kier molecular flexibility index (Phi) is 4.52. The van der Waals surface area contributed by atoms with Crippen molar-refractivity contribution in [1.29, 1.82) is 0 Å². The molecule has 2 aromatic heterocycles. The maximum Gasteiger partial charge on any atom is 0.230 e. The van der Waals surface area contributed by atoms with Gasteiger partial charge in [0.15, 0.2) is 0 Å². The molecule has 100 valence electrons. The van der Waals surface area contributed by atoms with Gasteiger partial charge in [-0.3, -0.25) is 9.48 Å². The molecule has 2 heterocycles. The Labute approximate surface area is 120 Å². The van der Waals surface area contributed by atoms with E-state index in [1.807, 2.05) is 0 Å². The van der Waals surface area contributed by atoms with E-state index in [-0.39, 0.29) is 16.5 Å². The van der Waals surface area contributed by atoms with Crippen molar-refractivity contribution >= 4 is 29.0 Å². The summed E-state index contributed by atoms with van der Waals surface area (Å²) in [4.78, 5) is 16.3. The largest absolute Gasteiger partial charge is 0.383 e. The van der Waals surface area contributed by atoms with Gasteiger partial charge in [-0.05, 0) is 12.1 Å². The lowest BCUT2D eigenvalue weighted by molar-refractivity contribution is 0.102. The lowest BCUT2D eigenvalue weighted by atomic mass is 10.2. The lowest BCUT2D eigenvalue weighted by Crippen LogP contribution is -2.15. The van der Waals surface area contributed by atoms with Gasteiger partial charge in [0.1, 0.15) is 11.4 Å². The highest BCUT2D eigenvalue weighted by Crippen LogP contribution is 2.21. The average molecular weight is 300 g/mol. The van der Waals surface area contributed by atoms with Crippen molar-refractivity contribution in [3.8, 4) is 0 Å². The van der Waals surface area contributed by atoms with Crippen LogP contribution in [0, 0.1) is 0 Å². The summed E-state index contributed by atoms with van der Waals surface area (Å²) in [5, 5.41) is 4.67. The molecule has 0 aliphatic rings. The molecule has 0 N–H and O–H groups in total. The van der Waals surface area contributed by atoms with E-state index < -0.39 is 0 Å². The Morgan fingerprint density at radius 2 is 2.26 bits per heavy atom. The average Bonchev–Trinajstić information content (AvgIpc) is 2.83. The minimum Gasteiger partial charge on any atom is -0.383 e. The van der Waals surface area contributed by atoms with E-state index in [2.05, 4.69) is 10.1 Å². The smallest absolute Gasteiger partial charge is 0.230 e. The third-order valence-electron chi connectivity index (χ3n) is 2.48. The number of nitrogens with zero attached hydrogens (tertiary/aromatic N) is 3. The van der Waals surface area contributed by atoms with Crippen molar-refractivity contribution < 1.29 is 9.53 Å². The molecule has 0 bridgehead atoms. The number of halogens is 2. The summed E-state index contributed by atoms with van der Waals surface area (Å²) in [6, 6.07) is 3.10. The van der Waals surface area contributed by atoms with Crippen molar-refractivity contribution in [2.75, 3.05) is 13.7 Å². The van der Waals surface area contributed by atoms with E-state index in [1.54, 1.807) is 24.1 Å². The van der Waals surface area contributed by atoms with Crippen LogP contribution in [0.25, 0.3) is 0 Å². The first kappa shape index (κ1) is 14.0. The number of carbonyl (C=O) groups excluding carboxylic acids is 1. The van der Waals surface area contributed by atoms with Crippen molar-refractivity contribution in [3.63, 3.8) is 0 Å². The predicted octanol–water partition coefficient (Wildman–Crippen LogP) is 2.46. The molecule has 0 radical (unpaired) electrons. The highest BCUT2D eigenvalue weighted by atomic mass is 35.5. The summed E-state index contributed by atoms with van der Waals surface area (Å²) in [6.07, 6.45) is 2.93. The van der Waals surface area contributed by atoms with Gasteiger partial charge in [-0.25, -0.2) is 4.98 Å². The molecule has 0 unspecified atom stereocenters. The van der Waals surface area contributed by atoms with Crippen LogP contribution in [0.1, 0.15) is 16.2 Å². The fourth-order valence-electron chi connectivity index (χ4n) is 1.58. The summed E-state index contributed by atoms with van der Waals surface area (Å²) >= 11 is 11.7. The van der Waals surface area contributed by atoms with Gasteiger partial charge in [0.2, 0.25) is 5.78 Å². The van der Waals surface area contributed by atoms with Crippen LogP contribution in [0.2, 0.25) is 10.0 Å². The Bertz CT molecular complexity index is 598. The molecule has 0 saturated heterocycles. The molecule has 0 amide bonds. The summed E-state index contributed by atoms with van der Waals surface area (Å²) in [5.41, 5.74) is 0.569. The van der Waals surface area contributed by atoms with Gasteiger partial charge in [0, 0.05) is 19.5 Å². The van der Waals surface area contributed by atoms with E-state index in [0.29, 0.717) is 23.9 Å². The fraction of sp³-hybridized carbons (Fsp3) is 0.250. The quantitative estimate of drug-likeness (QED) is 0.796. The molecule has 0 saturated carbocycles. The first-order valence-corrected chi connectivity index (χ1v) is 6.25. The third-order valence-corrected chi connectivity index (χ3v) is 2.97. The summed E-state index contributed by atoms with van der Waals surface area (Å²) < 4.78 is 6.52. The summed E-state index contributed by atoms with van der Waals surface area (Å²) in [6.45, 7) is 0.944. The molecule has 0 aromatic carbocycles. The monoisotopic (exact) mass is 299 g/mol. The maximum atomic E-state index is 12.3. The number of ether oxygens (including phenoxy) is 1. The first-order chi connectivity index (χ1) is 9.13. The zero-order chi connectivity index (χ0) is 13.8. The standard InChI is InChI=1S/C12H11Cl2N3O2/c1-19-5-4-17-10(2-3-16-17)12(18)11-9(14)6-8(13)7-15-11/h2-3,6-7H,4-5H2,1H3.